The molecule has 4 bridgehead atoms. The summed E-state index contributed by atoms with van der Waals surface area (Å²) in [5.74, 6) is -3.36. The third-order valence-electron chi connectivity index (χ3n) is 6.19. The lowest BCUT2D eigenvalue weighted by Gasteiger charge is -2.33. The smallest absolute Gasteiger partial charge is 0.210 e. The van der Waals surface area contributed by atoms with E-state index in [1.807, 2.05) is 48.6 Å². The summed E-state index contributed by atoms with van der Waals surface area (Å²) in [4.78, 5) is 48.8. The number of hydrogen-bond acceptors (Lipinski definition) is 4. The van der Waals surface area contributed by atoms with Gasteiger partial charge in [-0.25, -0.2) is 0 Å². The number of Topliss-reactive ketones (excluding diaryl/α,β-unsaturated/α-hetero) is 4. The Hall–Kier alpha value is -3.14. The molecule has 26 heavy (non-hydrogen) atoms. The molecule has 0 heterocycles. The standard InChI is InChI=1S/C22H12O4/c23-19-11-1-2-12(20(19)24)16-6-10-8-18-14-4-3-13(21(25)22(14)26)17(18)7-9(10)5-15(11)16/h1-8,11-14H. The van der Waals surface area contributed by atoms with E-state index in [2.05, 4.69) is 0 Å². The summed E-state index contributed by atoms with van der Waals surface area (Å²) in [6.45, 7) is 0. The first-order valence-corrected chi connectivity index (χ1v) is 8.69. The van der Waals surface area contributed by atoms with E-state index >= 15 is 0 Å². The number of allylic oxidation sites excluding steroid dienone is 4. The lowest BCUT2D eigenvalue weighted by atomic mass is 9.67. The first-order valence-electron chi connectivity index (χ1n) is 8.69. The highest BCUT2D eigenvalue weighted by atomic mass is 16.2. The maximum absolute atomic E-state index is 12.2. The quantitative estimate of drug-likeness (QED) is 0.546. The van der Waals surface area contributed by atoms with Gasteiger partial charge in [0.05, 0.1) is 23.7 Å². The molecule has 6 aliphatic carbocycles. The molecule has 0 amide bonds. The number of carbonyl (C=O) groups is 4. The van der Waals surface area contributed by atoms with Gasteiger partial charge in [0.15, 0.2) is 0 Å². The van der Waals surface area contributed by atoms with Crippen LogP contribution in [0.2, 0.25) is 0 Å². The van der Waals surface area contributed by atoms with E-state index < -0.39 is 23.7 Å². The summed E-state index contributed by atoms with van der Waals surface area (Å²) in [6, 6.07) is 7.87. The van der Waals surface area contributed by atoms with Crippen LogP contribution in [-0.4, -0.2) is 23.1 Å². The first-order chi connectivity index (χ1) is 12.5. The molecule has 8 rings (SSSR count). The molecule has 0 aromatic heterocycles. The largest absolute Gasteiger partial charge is 0.290 e. The summed E-state index contributed by atoms with van der Waals surface area (Å²) in [5, 5.41) is 1.87. The van der Waals surface area contributed by atoms with Crippen molar-refractivity contribution in [3.8, 4) is 0 Å². The number of fused-ring (bicyclic) bond motifs is 3. The van der Waals surface area contributed by atoms with Crippen LogP contribution in [-0.2, 0) is 19.2 Å². The van der Waals surface area contributed by atoms with Crippen molar-refractivity contribution in [2.75, 3.05) is 0 Å². The topological polar surface area (TPSA) is 68.3 Å². The van der Waals surface area contributed by atoms with Crippen LogP contribution < -0.4 is 0 Å². The van der Waals surface area contributed by atoms with Gasteiger partial charge in [-0.05, 0) is 57.3 Å². The molecule has 0 fully saturated rings. The summed E-state index contributed by atoms with van der Waals surface area (Å²) in [6.07, 6.45) is 7.25. The second-order valence-electron chi connectivity index (χ2n) is 7.45. The summed E-state index contributed by atoms with van der Waals surface area (Å²) in [5.41, 5.74) is 3.53. The molecule has 4 unspecified atom stereocenters. The van der Waals surface area contributed by atoms with Gasteiger partial charge in [-0.15, -0.1) is 0 Å². The van der Waals surface area contributed by atoms with Crippen LogP contribution in [0.25, 0.3) is 10.8 Å². The van der Waals surface area contributed by atoms with Crippen molar-refractivity contribution in [1.82, 2.24) is 0 Å². The van der Waals surface area contributed by atoms with Crippen molar-refractivity contribution in [3.63, 3.8) is 0 Å². The minimum atomic E-state index is -0.498. The highest BCUT2D eigenvalue weighted by Crippen LogP contribution is 2.46. The fraction of sp³-hybridized carbons (Fsp3) is 0.182. The van der Waals surface area contributed by atoms with E-state index in [1.165, 1.54) is 0 Å². The van der Waals surface area contributed by atoms with Crippen molar-refractivity contribution < 1.29 is 19.2 Å². The summed E-state index contributed by atoms with van der Waals surface area (Å²) >= 11 is 0. The molecule has 4 heteroatoms. The van der Waals surface area contributed by atoms with Gasteiger partial charge in [0, 0.05) is 0 Å². The van der Waals surface area contributed by atoms with Crippen LogP contribution in [0, 0.1) is 0 Å². The lowest BCUT2D eigenvalue weighted by Crippen LogP contribution is -2.36. The first kappa shape index (κ1) is 14.1. The van der Waals surface area contributed by atoms with Crippen molar-refractivity contribution >= 4 is 33.9 Å². The van der Waals surface area contributed by atoms with Crippen molar-refractivity contribution in [3.05, 3.63) is 70.8 Å². The normalized spacial score (nSPS) is 30.3. The highest BCUT2D eigenvalue weighted by molar-refractivity contribution is 6.45. The van der Waals surface area contributed by atoms with Gasteiger partial charge in [0.25, 0.3) is 0 Å². The van der Waals surface area contributed by atoms with Crippen molar-refractivity contribution in [2.45, 2.75) is 23.7 Å². The maximum atomic E-state index is 12.2. The van der Waals surface area contributed by atoms with E-state index in [1.54, 1.807) is 0 Å². The zero-order chi connectivity index (χ0) is 17.7. The Morgan fingerprint density at radius 1 is 0.423 bits per heavy atom. The zero-order valence-corrected chi connectivity index (χ0v) is 13.6. The molecule has 0 aliphatic heterocycles. The second-order valence-corrected chi connectivity index (χ2v) is 7.45. The molecule has 0 radical (unpaired) electrons. The van der Waals surface area contributed by atoms with Crippen LogP contribution in [0.3, 0.4) is 0 Å². The number of ketones is 4. The minimum Gasteiger partial charge on any atom is -0.290 e. The third-order valence-corrected chi connectivity index (χ3v) is 6.19. The van der Waals surface area contributed by atoms with Crippen LogP contribution in [0.5, 0.6) is 0 Å². The average Bonchev–Trinajstić information content (AvgIpc) is 2.65. The Kier molecular flexibility index (Phi) is 2.34. The molecule has 0 N–H and O–H groups in total. The molecule has 6 aliphatic rings. The molecule has 4 nitrogen and oxygen atoms in total. The van der Waals surface area contributed by atoms with E-state index in [-0.39, 0.29) is 23.1 Å². The highest BCUT2D eigenvalue weighted by Gasteiger charge is 2.44. The van der Waals surface area contributed by atoms with E-state index in [0.717, 1.165) is 33.0 Å². The Balaban J connectivity index is 1.63. The molecule has 4 atom stereocenters. The molecule has 2 aromatic rings. The fourth-order valence-electron chi connectivity index (χ4n) is 4.88. The molecule has 0 saturated heterocycles. The third kappa shape index (κ3) is 1.47. The van der Waals surface area contributed by atoms with Crippen LogP contribution in [0.1, 0.15) is 45.9 Å². The van der Waals surface area contributed by atoms with Gasteiger partial charge in [-0.2, -0.15) is 0 Å². The number of hydrogen-bond donors (Lipinski definition) is 0. The Morgan fingerprint density at radius 2 is 0.654 bits per heavy atom. The predicted octanol–water partition coefficient (Wildman–Crippen LogP) is 2.62. The van der Waals surface area contributed by atoms with Crippen LogP contribution in [0.4, 0.5) is 0 Å². The van der Waals surface area contributed by atoms with Crippen LogP contribution in [0.15, 0.2) is 48.6 Å². The summed E-state index contributed by atoms with van der Waals surface area (Å²) in [7, 11) is 0. The van der Waals surface area contributed by atoms with Crippen LogP contribution >= 0.6 is 0 Å². The maximum Gasteiger partial charge on any atom is 0.210 e. The molecule has 0 spiro atoms. The number of carbonyl (C=O) groups excluding carboxylic acids is 4. The van der Waals surface area contributed by atoms with Gasteiger partial charge in [0.2, 0.25) is 23.1 Å². The van der Waals surface area contributed by atoms with Gasteiger partial charge >= 0.3 is 0 Å². The molecular weight excluding hydrogens is 328 g/mol. The Bertz CT molecular complexity index is 1000. The number of benzene rings is 2. The van der Waals surface area contributed by atoms with Gasteiger partial charge in [-0.3, -0.25) is 19.2 Å². The van der Waals surface area contributed by atoms with E-state index in [4.69, 9.17) is 0 Å². The Labute approximate surface area is 148 Å². The second kappa shape index (κ2) is 4.33. The van der Waals surface area contributed by atoms with E-state index in [0.29, 0.717) is 0 Å². The van der Waals surface area contributed by atoms with E-state index in [9.17, 15) is 19.2 Å². The van der Waals surface area contributed by atoms with Gasteiger partial charge < -0.3 is 0 Å². The predicted molar refractivity (Wildman–Crippen MR) is 93.2 cm³/mol. The molecule has 124 valence electrons. The SMILES string of the molecule is O=C1C(=O)C2C=CC1c1cc3cc4c(cc3cc12)C1C=CC4C(=O)C1=O. The number of rotatable bonds is 0. The zero-order valence-electron chi connectivity index (χ0n) is 13.6. The summed E-state index contributed by atoms with van der Waals surface area (Å²) < 4.78 is 0. The monoisotopic (exact) mass is 340 g/mol. The van der Waals surface area contributed by atoms with Crippen molar-refractivity contribution in [1.29, 1.82) is 0 Å². The molecule has 0 saturated carbocycles. The van der Waals surface area contributed by atoms with Gasteiger partial charge in [-0.1, -0.05) is 24.3 Å². The lowest BCUT2D eigenvalue weighted by molar-refractivity contribution is -0.138. The minimum absolute atomic E-state index is 0.343. The molecule has 2 aromatic carbocycles. The fourth-order valence-corrected chi connectivity index (χ4v) is 4.88. The molecular formula is C22H12O4. The average molecular weight is 340 g/mol. The Morgan fingerprint density at radius 3 is 0.885 bits per heavy atom. The van der Waals surface area contributed by atoms with Crippen molar-refractivity contribution in [2.24, 2.45) is 0 Å². The van der Waals surface area contributed by atoms with Gasteiger partial charge in [0.1, 0.15) is 0 Å².